The van der Waals surface area contributed by atoms with Crippen LogP contribution in [0.1, 0.15) is 0 Å². The van der Waals surface area contributed by atoms with Crippen molar-refractivity contribution in [3.05, 3.63) is 41.2 Å². The van der Waals surface area contributed by atoms with Gasteiger partial charge in [0.05, 0.1) is 0 Å². The minimum absolute atomic E-state index is 0. The number of hydrogen-bond acceptors (Lipinski definition) is 5. The first-order valence-corrected chi connectivity index (χ1v) is 6.01. The van der Waals surface area contributed by atoms with Crippen molar-refractivity contribution in [3.8, 4) is 11.3 Å². The van der Waals surface area contributed by atoms with Crippen LogP contribution in [0.4, 0.5) is 0 Å². The number of fused-ring (bicyclic) bond motifs is 1. The van der Waals surface area contributed by atoms with Gasteiger partial charge in [-0.05, 0) is 5.21 Å². The van der Waals surface area contributed by atoms with E-state index in [1.54, 1.807) is 0 Å². The Kier molecular flexibility index (Phi) is 3.63. The summed E-state index contributed by atoms with van der Waals surface area (Å²) in [7, 11) is -2.49. The summed E-state index contributed by atoms with van der Waals surface area (Å²) in [6.07, 6.45) is 0. The Labute approximate surface area is 114 Å². The first-order valence-electron chi connectivity index (χ1n) is 4.94. The first kappa shape index (κ1) is 13.2. The molecular weight excluding hydrogens is 290 g/mol. The molecule has 2 heterocycles. The molecule has 0 aliphatic carbocycles. The summed E-state index contributed by atoms with van der Waals surface area (Å²) in [6.45, 7) is 0. The summed E-state index contributed by atoms with van der Waals surface area (Å²) in [4.78, 5) is 7.66. The van der Waals surface area contributed by atoms with Crippen molar-refractivity contribution in [1.29, 1.82) is 0 Å². The zero-order valence-corrected chi connectivity index (χ0v) is 10.9. The van der Waals surface area contributed by atoms with Crippen LogP contribution in [0.5, 0.6) is 0 Å². The summed E-state index contributed by atoms with van der Waals surface area (Å²) >= 11 is 0. The highest BCUT2D eigenvalue weighted by Crippen LogP contribution is 2.10. The molecule has 1 aromatic carbocycles. The monoisotopic (exact) mass is 295 g/mol. The third-order valence-electron chi connectivity index (χ3n) is 2.33. The fourth-order valence-electron chi connectivity index (χ4n) is 1.56. The number of nitrogens with zero attached hydrogens (tertiary/aromatic N) is 5. The molecule has 0 saturated carbocycles. The highest BCUT2D eigenvalue weighted by atomic mass is 35.5. The molecule has 0 fully saturated rings. The lowest BCUT2D eigenvalue weighted by Crippen LogP contribution is -2.30. The van der Waals surface area contributed by atoms with E-state index < -0.39 is 10.3 Å². The van der Waals surface area contributed by atoms with Crippen LogP contribution >= 0.6 is 12.4 Å². The highest BCUT2D eigenvalue weighted by Gasteiger charge is 2.13. The predicted octanol–water partition coefficient (Wildman–Crippen LogP) is -0.820. The van der Waals surface area contributed by atoms with Gasteiger partial charge in [0, 0.05) is 5.56 Å². The maximum atomic E-state index is 10.8. The van der Waals surface area contributed by atoms with Gasteiger partial charge in [-0.25, -0.2) is 4.99 Å². The van der Waals surface area contributed by atoms with Crippen LogP contribution in [-0.4, -0.2) is 28.9 Å². The van der Waals surface area contributed by atoms with Crippen LogP contribution in [-0.2, 0) is 10.3 Å². The second-order valence-electron chi connectivity index (χ2n) is 3.42. The van der Waals surface area contributed by atoms with E-state index in [1.807, 2.05) is 30.3 Å². The lowest BCUT2D eigenvalue weighted by molar-refractivity contribution is 0.626. The molecule has 1 aromatic heterocycles. The zero-order valence-electron chi connectivity index (χ0n) is 9.26. The Morgan fingerprint density at radius 3 is 2.37 bits per heavy atom. The highest BCUT2D eigenvalue weighted by molar-refractivity contribution is 7.72. The van der Waals surface area contributed by atoms with Crippen molar-refractivity contribution in [3.63, 3.8) is 0 Å². The van der Waals surface area contributed by atoms with E-state index in [0.717, 1.165) is 5.56 Å². The van der Waals surface area contributed by atoms with E-state index in [-0.39, 0.29) is 23.0 Å². The van der Waals surface area contributed by atoms with Crippen LogP contribution < -0.4 is 10.8 Å². The van der Waals surface area contributed by atoms with Gasteiger partial charge in [-0.1, -0.05) is 30.3 Å². The number of benzene rings is 1. The average molecular weight is 296 g/mol. The zero-order chi connectivity index (χ0) is 12.5. The maximum absolute atomic E-state index is 10.8. The molecule has 2 aromatic rings. The SMILES string of the molecule is Cl.O=S(=O)=C1N=c2nnnc(-c3ccccc3)c2=N1. The third-order valence-corrected chi connectivity index (χ3v) is 2.81. The van der Waals surface area contributed by atoms with E-state index >= 15 is 0 Å². The second-order valence-corrected chi connectivity index (χ2v) is 4.25. The second kappa shape index (κ2) is 5.21. The third kappa shape index (κ3) is 2.35. The number of aromatic nitrogens is 3. The molecule has 96 valence electrons. The van der Waals surface area contributed by atoms with E-state index in [2.05, 4.69) is 25.4 Å². The van der Waals surface area contributed by atoms with Gasteiger partial charge in [0.2, 0.25) is 5.49 Å². The van der Waals surface area contributed by atoms with Crippen LogP contribution in [0.3, 0.4) is 0 Å². The van der Waals surface area contributed by atoms with E-state index in [0.29, 0.717) is 11.1 Å². The summed E-state index contributed by atoms with van der Waals surface area (Å²) in [5.74, 6) is 0. The predicted molar refractivity (Wildman–Crippen MR) is 68.7 cm³/mol. The van der Waals surface area contributed by atoms with Gasteiger partial charge in [0.15, 0.2) is 0 Å². The molecule has 0 bridgehead atoms. The molecule has 0 saturated heterocycles. The summed E-state index contributed by atoms with van der Waals surface area (Å²) in [5, 5.41) is 11.1. The average Bonchev–Trinajstić information content (AvgIpc) is 2.83. The standard InChI is InChI=1S/C10H5N5O2S.ClH/c16-18(17)10-11-8-7(6-4-2-1-3-5-6)13-15-14-9(8)12-10;/h1-5H;1H. The number of halogens is 1. The molecule has 19 heavy (non-hydrogen) atoms. The van der Waals surface area contributed by atoms with Gasteiger partial charge in [-0.15, -0.1) is 22.6 Å². The Hall–Kier alpha value is -2.19. The molecule has 0 amide bonds. The lowest BCUT2D eigenvalue weighted by atomic mass is 10.1. The lowest BCUT2D eigenvalue weighted by Gasteiger charge is -1.96. The van der Waals surface area contributed by atoms with E-state index in [4.69, 9.17) is 0 Å². The van der Waals surface area contributed by atoms with Crippen molar-refractivity contribution in [1.82, 2.24) is 15.4 Å². The molecule has 0 unspecified atom stereocenters. The Morgan fingerprint density at radius 2 is 1.68 bits per heavy atom. The smallest absolute Gasteiger partial charge is 0.209 e. The van der Waals surface area contributed by atoms with Crippen molar-refractivity contribution in [2.24, 2.45) is 9.98 Å². The molecule has 0 atom stereocenters. The van der Waals surface area contributed by atoms with E-state index in [1.165, 1.54) is 0 Å². The minimum atomic E-state index is -2.49. The van der Waals surface area contributed by atoms with Gasteiger partial charge in [-0.3, -0.25) is 0 Å². The van der Waals surface area contributed by atoms with Crippen LogP contribution in [0.25, 0.3) is 11.3 Å². The minimum Gasteiger partial charge on any atom is -0.209 e. The maximum Gasteiger partial charge on any atom is 0.278 e. The summed E-state index contributed by atoms with van der Waals surface area (Å²) in [5.41, 5.74) is 1.41. The largest absolute Gasteiger partial charge is 0.278 e. The Bertz CT molecular complexity index is 872. The molecule has 1 aliphatic rings. The molecule has 1 aliphatic heterocycles. The molecule has 0 N–H and O–H groups in total. The molecule has 3 rings (SSSR count). The van der Waals surface area contributed by atoms with Crippen LogP contribution in [0.2, 0.25) is 0 Å². The van der Waals surface area contributed by atoms with Crippen molar-refractivity contribution in [2.45, 2.75) is 0 Å². The van der Waals surface area contributed by atoms with Crippen LogP contribution in [0, 0.1) is 0 Å². The molecule has 0 radical (unpaired) electrons. The molecule has 7 nitrogen and oxygen atoms in total. The summed E-state index contributed by atoms with van der Waals surface area (Å²) < 4.78 is 21.6. The fraction of sp³-hybridized carbons (Fsp3) is 0. The van der Waals surface area contributed by atoms with Gasteiger partial charge < -0.3 is 0 Å². The van der Waals surface area contributed by atoms with Gasteiger partial charge >= 0.3 is 0 Å². The molecular formula is C10H6ClN5O2S. The van der Waals surface area contributed by atoms with Gasteiger partial charge in [0.1, 0.15) is 11.1 Å². The Balaban J connectivity index is 0.00000133. The fourth-order valence-corrected chi connectivity index (χ4v) is 1.89. The van der Waals surface area contributed by atoms with Crippen LogP contribution in [0.15, 0.2) is 40.3 Å². The molecule has 0 spiro atoms. The Morgan fingerprint density at radius 1 is 0.947 bits per heavy atom. The van der Waals surface area contributed by atoms with Crippen molar-refractivity contribution >= 4 is 27.8 Å². The van der Waals surface area contributed by atoms with Gasteiger partial charge in [0.25, 0.3) is 15.4 Å². The first-order chi connectivity index (χ1) is 8.75. The number of rotatable bonds is 1. The van der Waals surface area contributed by atoms with E-state index in [9.17, 15) is 8.42 Å². The number of hydrogen-bond donors (Lipinski definition) is 0. The van der Waals surface area contributed by atoms with Gasteiger partial charge in [-0.2, -0.15) is 13.4 Å². The molecule has 9 heteroatoms. The topological polar surface area (TPSA) is 97.5 Å². The summed E-state index contributed by atoms with van der Waals surface area (Å²) in [6, 6.07) is 9.20. The normalized spacial score (nSPS) is 11.9. The van der Waals surface area contributed by atoms with Crippen molar-refractivity contribution < 1.29 is 8.42 Å². The quantitative estimate of drug-likeness (QED) is 0.640. The van der Waals surface area contributed by atoms with Crippen molar-refractivity contribution in [2.75, 3.05) is 0 Å².